The van der Waals surface area contributed by atoms with Gasteiger partial charge in [0.15, 0.2) is 0 Å². The van der Waals surface area contributed by atoms with Gasteiger partial charge in [-0.25, -0.2) is 4.39 Å². The van der Waals surface area contributed by atoms with Crippen LogP contribution in [0.2, 0.25) is 0 Å². The van der Waals surface area contributed by atoms with Crippen LogP contribution in [0, 0.1) is 11.7 Å². The summed E-state index contributed by atoms with van der Waals surface area (Å²) in [7, 11) is 1.88. The van der Waals surface area contributed by atoms with Crippen molar-refractivity contribution in [3.05, 3.63) is 48.0 Å². The number of hydrogen-bond acceptors (Lipinski definition) is 5. The zero-order valence-electron chi connectivity index (χ0n) is 14.2. The molecule has 1 aliphatic carbocycles. The molecule has 0 radical (unpaired) electrons. The van der Waals surface area contributed by atoms with Gasteiger partial charge in [0.2, 0.25) is 0 Å². The molecule has 2 aromatic heterocycles. The maximum Gasteiger partial charge on any atom is 0.255 e. The van der Waals surface area contributed by atoms with Gasteiger partial charge in [-0.2, -0.15) is 0 Å². The van der Waals surface area contributed by atoms with Crippen LogP contribution < -0.4 is 5.32 Å². The minimum Gasteiger partial charge on any atom is -0.463 e. The van der Waals surface area contributed by atoms with E-state index < -0.39 is 11.9 Å². The van der Waals surface area contributed by atoms with E-state index in [0.717, 1.165) is 12.2 Å². The first-order valence-electron chi connectivity index (χ1n) is 8.50. The van der Waals surface area contributed by atoms with Gasteiger partial charge in [-0.3, -0.25) is 4.79 Å². The number of fused-ring (bicyclic) bond motifs is 1. The summed E-state index contributed by atoms with van der Waals surface area (Å²) in [6.07, 6.45) is 3.79. The largest absolute Gasteiger partial charge is 0.463 e. The molecule has 1 amide bonds. The van der Waals surface area contributed by atoms with E-state index in [-0.39, 0.29) is 17.7 Å². The highest BCUT2D eigenvalue weighted by Crippen LogP contribution is 2.37. The Bertz CT molecular complexity index is 951. The van der Waals surface area contributed by atoms with Gasteiger partial charge in [0.25, 0.3) is 5.91 Å². The van der Waals surface area contributed by atoms with Crippen LogP contribution in [0.3, 0.4) is 0 Å². The Balaban J connectivity index is 1.42. The number of aliphatic hydroxyl groups excluding tert-OH is 1. The van der Waals surface area contributed by atoms with Crippen LogP contribution in [-0.4, -0.2) is 38.4 Å². The van der Waals surface area contributed by atoms with Crippen molar-refractivity contribution < 1.29 is 18.7 Å². The molecule has 0 aliphatic heterocycles. The summed E-state index contributed by atoms with van der Waals surface area (Å²) in [4.78, 5) is 12.5. The molecule has 0 unspecified atom stereocenters. The van der Waals surface area contributed by atoms with Crippen LogP contribution >= 0.6 is 0 Å². The number of benzene rings is 1. The predicted octanol–water partition coefficient (Wildman–Crippen LogP) is 1.98. The fraction of sp³-hybridized carbons (Fsp3) is 0.389. The van der Waals surface area contributed by atoms with Crippen molar-refractivity contribution in [1.29, 1.82) is 0 Å². The van der Waals surface area contributed by atoms with E-state index in [1.807, 2.05) is 11.6 Å². The third kappa shape index (κ3) is 2.96. The number of aromatic nitrogens is 3. The zero-order chi connectivity index (χ0) is 18.3. The molecule has 1 fully saturated rings. The van der Waals surface area contributed by atoms with Gasteiger partial charge in [-0.05, 0) is 25.0 Å². The number of nitrogens with zero attached hydrogens (tertiary/aromatic N) is 3. The average Bonchev–Trinajstić information content (AvgIpc) is 3.30. The summed E-state index contributed by atoms with van der Waals surface area (Å²) in [5.74, 6) is 0.196. The van der Waals surface area contributed by atoms with E-state index in [1.54, 1.807) is 6.33 Å². The number of rotatable bonds is 4. The standard InChI is InChI=1S/C18H19FN4O3/c1-23-9-21-22-17(23)10-4-11(15(24)5-10)7-20-18(25)14-8-26-16-6-12(19)2-3-13(14)16/h2-3,6,8-11,15,24H,4-5,7H2,1H3,(H,20,25)/t10-,11+,15+/m0/s1. The summed E-state index contributed by atoms with van der Waals surface area (Å²) in [5, 5.41) is 21.7. The van der Waals surface area contributed by atoms with Crippen molar-refractivity contribution in [2.75, 3.05) is 6.54 Å². The van der Waals surface area contributed by atoms with Gasteiger partial charge in [0, 0.05) is 36.9 Å². The highest BCUT2D eigenvalue weighted by atomic mass is 19.1. The molecule has 1 aromatic carbocycles. The Hall–Kier alpha value is -2.74. The number of carbonyl (C=O) groups excluding carboxylic acids is 1. The third-order valence-electron chi connectivity index (χ3n) is 5.08. The molecule has 1 aliphatic rings. The number of aliphatic hydroxyl groups is 1. The van der Waals surface area contributed by atoms with E-state index >= 15 is 0 Å². The van der Waals surface area contributed by atoms with E-state index in [1.165, 1.54) is 24.5 Å². The molecular weight excluding hydrogens is 339 g/mol. The predicted molar refractivity (Wildman–Crippen MR) is 91.0 cm³/mol. The van der Waals surface area contributed by atoms with Crippen LogP contribution in [-0.2, 0) is 7.05 Å². The van der Waals surface area contributed by atoms with Crippen molar-refractivity contribution >= 4 is 16.9 Å². The minimum atomic E-state index is -0.507. The van der Waals surface area contributed by atoms with Crippen LogP contribution in [0.15, 0.2) is 35.2 Å². The number of nitrogens with one attached hydrogen (secondary N) is 1. The molecule has 8 heteroatoms. The molecule has 3 atom stereocenters. The lowest BCUT2D eigenvalue weighted by molar-refractivity contribution is 0.0917. The number of aryl methyl sites for hydroxylation is 1. The van der Waals surface area contributed by atoms with E-state index in [0.29, 0.717) is 29.5 Å². The van der Waals surface area contributed by atoms with Gasteiger partial charge < -0.3 is 19.4 Å². The molecule has 4 rings (SSSR count). The highest BCUT2D eigenvalue weighted by Gasteiger charge is 2.36. The van der Waals surface area contributed by atoms with Crippen molar-refractivity contribution in [1.82, 2.24) is 20.1 Å². The van der Waals surface area contributed by atoms with Crippen molar-refractivity contribution in [2.45, 2.75) is 24.9 Å². The molecule has 0 saturated heterocycles. The molecule has 26 heavy (non-hydrogen) atoms. The smallest absolute Gasteiger partial charge is 0.255 e. The lowest BCUT2D eigenvalue weighted by atomic mass is 10.0. The fourth-order valence-corrected chi connectivity index (χ4v) is 3.69. The van der Waals surface area contributed by atoms with Crippen molar-refractivity contribution in [3.8, 4) is 0 Å². The zero-order valence-corrected chi connectivity index (χ0v) is 14.2. The first-order valence-corrected chi connectivity index (χ1v) is 8.50. The Kier molecular flexibility index (Phi) is 4.20. The lowest BCUT2D eigenvalue weighted by Crippen LogP contribution is -2.32. The molecule has 0 spiro atoms. The second-order valence-corrected chi connectivity index (χ2v) is 6.80. The Morgan fingerprint density at radius 1 is 1.46 bits per heavy atom. The summed E-state index contributed by atoms with van der Waals surface area (Å²) in [6, 6.07) is 4.07. The Labute approximate surface area is 148 Å². The van der Waals surface area contributed by atoms with Gasteiger partial charge in [-0.15, -0.1) is 10.2 Å². The molecule has 0 bridgehead atoms. The molecule has 1 saturated carbocycles. The number of hydrogen-bond donors (Lipinski definition) is 2. The maximum atomic E-state index is 13.2. The first kappa shape index (κ1) is 16.7. The first-order chi connectivity index (χ1) is 12.5. The van der Waals surface area contributed by atoms with Crippen LogP contribution in [0.4, 0.5) is 4.39 Å². The Morgan fingerprint density at radius 3 is 3.08 bits per heavy atom. The van der Waals surface area contributed by atoms with Gasteiger partial charge in [0.05, 0.1) is 11.7 Å². The van der Waals surface area contributed by atoms with Gasteiger partial charge in [-0.1, -0.05) is 0 Å². The second-order valence-electron chi connectivity index (χ2n) is 6.80. The topological polar surface area (TPSA) is 93.2 Å². The summed E-state index contributed by atoms with van der Waals surface area (Å²) < 4.78 is 20.3. The molecular formula is C18H19FN4O3. The monoisotopic (exact) mass is 358 g/mol. The van der Waals surface area contributed by atoms with Gasteiger partial charge in [0.1, 0.15) is 29.8 Å². The number of furan rings is 1. The molecule has 2 heterocycles. The molecule has 136 valence electrons. The highest BCUT2D eigenvalue weighted by molar-refractivity contribution is 6.05. The van der Waals surface area contributed by atoms with Gasteiger partial charge >= 0.3 is 0 Å². The van der Waals surface area contributed by atoms with Crippen molar-refractivity contribution in [2.24, 2.45) is 13.0 Å². The normalized spacial score (nSPS) is 22.8. The third-order valence-corrected chi connectivity index (χ3v) is 5.08. The lowest BCUT2D eigenvalue weighted by Gasteiger charge is -2.14. The van der Waals surface area contributed by atoms with Crippen LogP contribution in [0.1, 0.15) is 34.9 Å². The summed E-state index contributed by atoms with van der Waals surface area (Å²) in [5.41, 5.74) is 0.690. The average molecular weight is 358 g/mol. The van der Waals surface area contributed by atoms with E-state index in [2.05, 4.69) is 15.5 Å². The van der Waals surface area contributed by atoms with Crippen LogP contribution in [0.25, 0.3) is 11.0 Å². The van der Waals surface area contributed by atoms with Crippen molar-refractivity contribution in [3.63, 3.8) is 0 Å². The molecule has 2 N–H and O–H groups in total. The number of amides is 1. The maximum absolute atomic E-state index is 13.2. The Morgan fingerprint density at radius 2 is 2.31 bits per heavy atom. The summed E-state index contributed by atoms with van der Waals surface area (Å²) >= 11 is 0. The number of carbonyl (C=O) groups is 1. The minimum absolute atomic E-state index is 0.0590. The second kappa shape index (κ2) is 6.53. The molecule has 7 nitrogen and oxygen atoms in total. The summed E-state index contributed by atoms with van der Waals surface area (Å²) in [6.45, 7) is 0.349. The SMILES string of the molecule is Cn1cnnc1[C@H]1C[C@H](CNC(=O)c2coc3cc(F)ccc23)[C@H](O)C1. The van der Waals surface area contributed by atoms with E-state index in [9.17, 15) is 14.3 Å². The van der Waals surface area contributed by atoms with Crippen LogP contribution in [0.5, 0.6) is 0 Å². The quantitative estimate of drug-likeness (QED) is 0.744. The number of halogens is 1. The van der Waals surface area contributed by atoms with E-state index in [4.69, 9.17) is 4.42 Å². The molecule has 3 aromatic rings. The fourth-order valence-electron chi connectivity index (χ4n) is 3.69.